The molecule has 1 amide bonds. The van der Waals surface area contributed by atoms with Crippen molar-refractivity contribution in [2.75, 3.05) is 31.1 Å². The fourth-order valence-electron chi connectivity index (χ4n) is 4.07. The maximum atomic E-state index is 12.4. The van der Waals surface area contributed by atoms with Crippen molar-refractivity contribution >= 4 is 22.8 Å². The fraction of sp³-hybridized carbons (Fsp3) is 0.478. The molecule has 0 unspecified atom stereocenters. The lowest BCUT2D eigenvalue weighted by molar-refractivity contribution is -0.134. The van der Waals surface area contributed by atoms with Gasteiger partial charge in [0.15, 0.2) is 5.65 Å². The van der Waals surface area contributed by atoms with E-state index in [-0.39, 0.29) is 11.8 Å². The average Bonchev–Trinajstić information content (AvgIpc) is 3.09. The SMILES string of the molecule is CCc1nc(N2CCN(C(=O)C(C)C)CC2)c2c(C)nn(-c3ccccc3C)c2n1. The molecule has 0 bridgehead atoms. The van der Waals surface area contributed by atoms with Gasteiger partial charge >= 0.3 is 0 Å². The second kappa shape index (κ2) is 8.05. The van der Waals surface area contributed by atoms with Gasteiger partial charge in [-0.3, -0.25) is 4.79 Å². The minimum atomic E-state index is 0.0311. The van der Waals surface area contributed by atoms with Crippen LogP contribution in [0.15, 0.2) is 24.3 Å². The molecule has 3 heterocycles. The van der Waals surface area contributed by atoms with E-state index in [9.17, 15) is 4.79 Å². The van der Waals surface area contributed by atoms with Gasteiger partial charge in [0.05, 0.1) is 16.8 Å². The van der Waals surface area contributed by atoms with Crippen LogP contribution in [0.25, 0.3) is 16.7 Å². The zero-order valence-corrected chi connectivity index (χ0v) is 18.5. The monoisotopic (exact) mass is 406 g/mol. The first-order valence-corrected chi connectivity index (χ1v) is 10.8. The number of nitrogens with zero attached hydrogens (tertiary/aromatic N) is 6. The van der Waals surface area contributed by atoms with Crippen LogP contribution < -0.4 is 4.90 Å². The molecular weight excluding hydrogens is 376 g/mol. The normalized spacial score (nSPS) is 14.7. The van der Waals surface area contributed by atoms with Crippen molar-refractivity contribution in [3.8, 4) is 5.69 Å². The first-order valence-electron chi connectivity index (χ1n) is 10.8. The van der Waals surface area contributed by atoms with Crippen LogP contribution in [0.4, 0.5) is 5.82 Å². The van der Waals surface area contributed by atoms with Gasteiger partial charge < -0.3 is 9.80 Å². The number of piperazine rings is 1. The Bertz CT molecular complexity index is 1080. The number of anilines is 1. The molecule has 4 rings (SSSR count). The maximum Gasteiger partial charge on any atom is 0.225 e. The van der Waals surface area contributed by atoms with Gasteiger partial charge in [-0.1, -0.05) is 39.0 Å². The molecule has 30 heavy (non-hydrogen) atoms. The molecular formula is C23H30N6O. The molecule has 0 radical (unpaired) electrons. The van der Waals surface area contributed by atoms with Crippen LogP contribution in [0.2, 0.25) is 0 Å². The van der Waals surface area contributed by atoms with Gasteiger partial charge in [0.1, 0.15) is 11.6 Å². The molecule has 7 nitrogen and oxygen atoms in total. The number of fused-ring (bicyclic) bond motifs is 1. The molecule has 2 aromatic heterocycles. The van der Waals surface area contributed by atoms with E-state index in [2.05, 4.69) is 30.9 Å². The van der Waals surface area contributed by atoms with Crippen LogP contribution in [-0.4, -0.2) is 56.7 Å². The summed E-state index contributed by atoms with van der Waals surface area (Å²) in [4.78, 5) is 26.4. The lowest BCUT2D eigenvalue weighted by Gasteiger charge is -2.36. The van der Waals surface area contributed by atoms with Gasteiger partial charge in [0.2, 0.25) is 5.91 Å². The summed E-state index contributed by atoms with van der Waals surface area (Å²) in [5.74, 6) is 2.00. The summed E-state index contributed by atoms with van der Waals surface area (Å²) in [6, 6.07) is 8.23. The fourth-order valence-corrected chi connectivity index (χ4v) is 4.07. The number of aromatic nitrogens is 4. The number of aryl methyl sites for hydroxylation is 3. The number of amides is 1. The highest BCUT2D eigenvalue weighted by molar-refractivity contribution is 5.91. The molecule has 1 aromatic carbocycles. The number of carbonyl (C=O) groups excluding carboxylic acids is 1. The second-order valence-corrected chi connectivity index (χ2v) is 8.27. The Morgan fingerprint density at radius 2 is 1.77 bits per heavy atom. The number of para-hydroxylation sites is 1. The first kappa shape index (κ1) is 20.3. The van der Waals surface area contributed by atoms with Crippen LogP contribution in [0, 0.1) is 19.8 Å². The number of hydrogen-bond donors (Lipinski definition) is 0. The molecule has 0 N–H and O–H groups in total. The van der Waals surface area contributed by atoms with Crippen LogP contribution in [0.5, 0.6) is 0 Å². The smallest absolute Gasteiger partial charge is 0.225 e. The van der Waals surface area contributed by atoms with Crippen LogP contribution in [-0.2, 0) is 11.2 Å². The highest BCUT2D eigenvalue weighted by Crippen LogP contribution is 2.30. The van der Waals surface area contributed by atoms with E-state index < -0.39 is 0 Å². The molecule has 158 valence electrons. The number of rotatable bonds is 4. The van der Waals surface area contributed by atoms with Crippen molar-refractivity contribution in [2.45, 2.75) is 41.0 Å². The van der Waals surface area contributed by atoms with E-state index in [4.69, 9.17) is 15.1 Å². The molecule has 1 fully saturated rings. The van der Waals surface area contributed by atoms with Gasteiger partial charge in [-0.15, -0.1) is 0 Å². The van der Waals surface area contributed by atoms with E-state index in [0.29, 0.717) is 0 Å². The summed E-state index contributed by atoms with van der Waals surface area (Å²) in [6.07, 6.45) is 0.757. The molecule has 0 spiro atoms. The largest absolute Gasteiger partial charge is 0.352 e. The van der Waals surface area contributed by atoms with Crippen molar-refractivity contribution in [3.05, 3.63) is 41.3 Å². The third-order valence-corrected chi connectivity index (χ3v) is 5.77. The number of benzene rings is 1. The van der Waals surface area contributed by atoms with Crippen LogP contribution in [0.1, 0.15) is 37.9 Å². The molecule has 1 aliphatic heterocycles. The third-order valence-electron chi connectivity index (χ3n) is 5.77. The summed E-state index contributed by atoms with van der Waals surface area (Å²) in [5.41, 5.74) is 3.96. The topological polar surface area (TPSA) is 67.2 Å². The standard InChI is InChI=1S/C23H30N6O/c1-6-19-24-21(27-11-13-28(14-12-27)23(30)15(2)3)20-17(5)26-29(22(20)25-19)18-10-8-7-9-16(18)4/h7-10,15H,6,11-14H2,1-5H3. The van der Waals surface area contributed by atoms with Gasteiger partial charge in [-0.25, -0.2) is 14.6 Å². The minimum absolute atomic E-state index is 0.0311. The second-order valence-electron chi connectivity index (χ2n) is 8.27. The van der Waals surface area contributed by atoms with Crippen LogP contribution >= 0.6 is 0 Å². The predicted molar refractivity (Wildman–Crippen MR) is 119 cm³/mol. The van der Waals surface area contributed by atoms with E-state index in [1.54, 1.807) is 0 Å². The van der Waals surface area contributed by atoms with Crippen LogP contribution in [0.3, 0.4) is 0 Å². The molecule has 7 heteroatoms. The Morgan fingerprint density at radius 1 is 1.07 bits per heavy atom. The predicted octanol–water partition coefficient (Wildman–Crippen LogP) is 3.30. The van der Waals surface area contributed by atoms with E-state index in [1.807, 2.05) is 42.5 Å². The third kappa shape index (κ3) is 3.53. The number of carbonyl (C=O) groups is 1. The Hall–Kier alpha value is -2.96. The van der Waals surface area contributed by atoms with Gasteiger partial charge in [-0.2, -0.15) is 5.10 Å². The van der Waals surface area contributed by atoms with Gasteiger partial charge in [0.25, 0.3) is 0 Å². The Morgan fingerprint density at radius 3 is 2.40 bits per heavy atom. The van der Waals surface area contributed by atoms with Gasteiger partial charge in [-0.05, 0) is 25.5 Å². The van der Waals surface area contributed by atoms with Crippen molar-refractivity contribution in [2.24, 2.45) is 5.92 Å². The zero-order chi connectivity index (χ0) is 21.4. The Labute approximate surface area is 177 Å². The molecule has 1 saturated heterocycles. The van der Waals surface area contributed by atoms with Gasteiger partial charge in [0, 0.05) is 38.5 Å². The highest BCUT2D eigenvalue weighted by Gasteiger charge is 2.27. The van der Waals surface area contributed by atoms with Crippen molar-refractivity contribution in [1.29, 1.82) is 0 Å². The lowest BCUT2D eigenvalue weighted by Crippen LogP contribution is -2.50. The average molecular weight is 407 g/mol. The molecule has 3 aromatic rings. The van der Waals surface area contributed by atoms with Crippen molar-refractivity contribution < 1.29 is 4.79 Å². The maximum absolute atomic E-state index is 12.4. The molecule has 0 atom stereocenters. The van der Waals surface area contributed by atoms with E-state index in [1.165, 1.54) is 0 Å². The Balaban J connectivity index is 1.76. The number of hydrogen-bond acceptors (Lipinski definition) is 5. The molecule has 0 saturated carbocycles. The molecule has 1 aliphatic rings. The van der Waals surface area contributed by atoms with Crippen molar-refractivity contribution in [3.63, 3.8) is 0 Å². The first-order chi connectivity index (χ1) is 14.4. The lowest BCUT2D eigenvalue weighted by atomic mass is 10.1. The quantitative estimate of drug-likeness (QED) is 0.665. The summed E-state index contributed by atoms with van der Waals surface area (Å²) in [5, 5.41) is 5.84. The molecule has 0 aliphatic carbocycles. The zero-order valence-electron chi connectivity index (χ0n) is 18.5. The van der Waals surface area contributed by atoms with Crippen molar-refractivity contribution in [1.82, 2.24) is 24.6 Å². The summed E-state index contributed by atoms with van der Waals surface area (Å²) in [6.45, 7) is 13.1. The summed E-state index contributed by atoms with van der Waals surface area (Å²) >= 11 is 0. The Kier molecular flexibility index (Phi) is 5.45. The summed E-state index contributed by atoms with van der Waals surface area (Å²) < 4.78 is 1.95. The minimum Gasteiger partial charge on any atom is -0.352 e. The van der Waals surface area contributed by atoms with E-state index in [0.717, 1.165) is 72.2 Å². The highest BCUT2D eigenvalue weighted by atomic mass is 16.2. The summed E-state index contributed by atoms with van der Waals surface area (Å²) in [7, 11) is 0. The van der Waals surface area contributed by atoms with E-state index >= 15 is 0 Å².